The van der Waals surface area contributed by atoms with Crippen molar-refractivity contribution in [3.05, 3.63) is 58.9 Å². The van der Waals surface area contributed by atoms with Crippen LogP contribution in [0.1, 0.15) is 47.7 Å². The van der Waals surface area contributed by atoms with Crippen LogP contribution in [0.15, 0.2) is 36.4 Å². The number of halogens is 4. The predicted molar refractivity (Wildman–Crippen MR) is 117 cm³/mol. The lowest BCUT2D eigenvalue weighted by Gasteiger charge is -2.28. The highest BCUT2D eigenvalue weighted by Gasteiger charge is 2.36. The molecule has 8 heteroatoms. The summed E-state index contributed by atoms with van der Waals surface area (Å²) in [6, 6.07) is 8.55. The Morgan fingerprint density at radius 1 is 1.09 bits per heavy atom. The summed E-state index contributed by atoms with van der Waals surface area (Å²) >= 11 is 0. The Morgan fingerprint density at radius 3 is 2.53 bits per heavy atom. The number of carbonyl (C=O) groups is 1. The lowest BCUT2D eigenvalue weighted by atomic mass is 10.1. The average Bonchev–Trinajstić information content (AvgIpc) is 3.37. The first kappa shape index (κ1) is 22.6. The van der Waals surface area contributed by atoms with Crippen LogP contribution in [0.25, 0.3) is 0 Å². The van der Waals surface area contributed by atoms with Crippen LogP contribution in [-0.2, 0) is 6.18 Å². The van der Waals surface area contributed by atoms with Gasteiger partial charge in [0, 0.05) is 36.5 Å². The number of aryl methyl sites for hydroxylation is 1. The molecule has 2 aliphatic rings. The molecule has 4 rings (SSSR count). The molecule has 1 amide bonds. The molecular formula is C24H27F4N3O. The van der Waals surface area contributed by atoms with Crippen LogP contribution in [0.5, 0.6) is 0 Å². The first-order chi connectivity index (χ1) is 15.1. The molecule has 2 fully saturated rings. The van der Waals surface area contributed by atoms with Crippen LogP contribution in [0.3, 0.4) is 0 Å². The van der Waals surface area contributed by atoms with Crippen molar-refractivity contribution in [3.8, 4) is 0 Å². The minimum Gasteiger partial charge on any atom is -0.370 e. The maximum Gasteiger partial charge on any atom is 0.417 e. The molecule has 2 aromatic rings. The highest BCUT2D eigenvalue weighted by Crippen LogP contribution is 2.34. The van der Waals surface area contributed by atoms with Gasteiger partial charge in [0.1, 0.15) is 5.82 Å². The van der Waals surface area contributed by atoms with Gasteiger partial charge in [0.2, 0.25) is 0 Å². The maximum absolute atomic E-state index is 13.6. The first-order valence-electron chi connectivity index (χ1n) is 10.9. The average molecular weight is 449 g/mol. The number of hydrogen-bond donors (Lipinski definition) is 1. The van der Waals surface area contributed by atoms with Crippen molar-refractivity contribution in [2.75, 3.05) is 29.9 Å². The van der Waals surface area contributed by atoms with Gasteiger partial charge in [-0.1, -0.05) is 0 Å². The molecule has 0 bridgehead atoms. The number of carbonyl (C=O) groups excluding carboxylic acids is 1. The van der Waals surface area contributed by atoms with Crippen molar-refractivity contribution in [1.29, 1.82) is 0 Å². The molecular weight excluding hydrogens is 422 g/mol. The summed E-state index contributed by atoms with van der Waals surface area (Å²) in [5, 5.41) is 2.51. The third kappa shape index (κ3) is 4.60. The number of benzene rings is 2. The fourth-order valence-corrected chi connectivity index (χ4v) is 4.87. The van der Waals surface area contributed by atoms with Crippen LogP contribution in [0.4, 0.5) is 28.9 Å². The quantitative estimate of drug-likeness (QED) is 0.629. The molecule has 0 aromatic heterocycles. The van der Waals surface area contributed by atoms with E-state index in [0.717, 1.165) is 37.3 Å². The van der Waals surface area contributed by atoms with E-state index in [0.29, 0.717) is 36.0 Å². The van der Waals surface area contributed by atoms with Crippen LogP contribution >= 0.6 is 0 Å². The molecule has 32 heavy (non-hydrogen) atoms. The first-order valence-corrected chi connectivity index (χ1v) is 10.9. The molecule has 0 unspecified atom stereocenters. The van der Waals surface area contributed by atoms with E-state index in [-0.39, 0.29) is 0 Å². The summed E-state index contributed by atoms with van der Waals surface area (Å²) in [7, 11) is 0. The second-order valence-corrected chi connectivity index (χ2v) is 8.76. The zero-order chi connectivity index (χ0) is 23.0. The molecule has 2 aromatic carbocycles. The van der Waals surface area contributed by atoms with Gasteiger partial charge in [-0.3, -0.25) is 9.69 Å². The van der Waals surface area contributed by atoms with Gasteiger partial charge < -0.3 is 10.2 Å². The Bertz CT molecular complexity index is 1010. The summed E-state index contributed by atoms with van der Waals surface area (Å²) in [5.41, 5.74) is 0.267. The molecule has 0 radical (unpaired) electrons. The summed E-state index contributed by atoms with van der Waals surface area (Å²) in [5.74, 6) is -1.89. The zero-order valence-corrected chi connectivity index (χ0v) is 18.2. The molecule has 2 heterocycles. The topological polar surface area (TPSA) is 35.6 Å². The van der Waals surface area contributed by atoms with Crippen LogP contribution in [0.2, 0.25) is 0 Å². The molecule has 4 nitrogen and oxygen atoms in total. The highest BCUT2D eigenvalue weighted by molar-refractivity contribution is 6.06. The Hall–Kier alpha value is -2.61. The summed E-state index contributed by atoms with van der Waals surface area (Å²) in [6.45, 7) is 7.10. The van der Waals surface area contributed by atoms with Crippen molar-refractivity contribution in [2.45, 2.75) is 51.4 Å². The molecule has 0 spiro atoms. The second kappa shape index (κ2) is 8.73. The minimum absolute atomic E-state index is 0.403. The molecule has 2 aliphatic heterocycles. The van der Waals surface area contributed by atoms with Crippen molar-refractivity contribution in [1.82, 2.24) is 4.90 Å². The van der Waals surface area contributed by atoms with E-state index in [2.05, 4.69) is 22.0 Å². The van der Waals surface area contributed by atoms with Gasteiger partial charge in [0.05, 0.1) is 11.1 Å². The fraction of sp³-hybridized carbons (Fsp3) is 0.458. The highest BCUT2D eigenvalue weighted by atomic mass is 19.4. The van der Waals surface area contributed by atoms with E-state index in [1.165, 1.54) is 12.8 Å². The number of nitrogens with one attached hydrogen (secondary N) is 1. The molecule has 2 saturated heterocycles. The Kier molecular flexibility index (Phi) is 6.16. The van der Waals surface area contributed by atoms with Gasteiger partial charge >= 0.3 is 6.18 Å². The maximum atomic E-state index is 13.6. The van der Waals surface area contributed by atoms with Gasteiger partial charge in [-0.05, 0) is 81.6 Å². The normalized spacial score (nSPS) is 21.9. The molecule has 0 aliphatic carbocycles. The van der Waals surface area contributed by atoms with Crippen molar-refractivity contribution >= 4 is 17.3 Å². The third-order valence-electron chi connectivity index (χ3n) is 6.59. The monoisotopic (exact) mass is 449 g/mol. The lowest BCUT2D eigenvalue weighted by Crippen LogP contribution is -2.39. The minimum atomic E-state index is -4.75. The molecule has 1 N–H and O–H groups in total. The Labute approximate surface area is 185 Å². The molecule has 172 valence electrons. The Morgan fingerprint density at radius 2 is 1.88 bits per heavy atom. The summed E-state index contributed by atoms with van der Waals surface area (Å²) in [6.07, 6.45) is -1.17. The van der Waals surface area contributed by atoms with E-state index in [1.807, 2.05) is 12.1 Å². The summed E-state index contributed by atoms with van der Waals surface area (Å²) in [4.78, 5) is 17.4. The smallest absolute Gasteiger partial charge is 0.370 e. The predicted octanol–water partition coefficient (Wildman–Crippen LogP) is 5.47. The van der Waals surface area contributed by atoms with Gasteiger partial charge in [-0.25, -0.2) is 4.39 Å². The van der Waals surface area contributed by atoms with Gasteiger partial charge in [-0.2, -0.15) is 13.2 Å². The number of rotatable bonds is 4. The van der Waals surface area contributed by atoms with Crippen molar-refractivity contribution < 1.29 is 22.4 Å². The van der Waals surface area contributed by atoms with Gasteiger partial charge in [-0.15, -0.1) is 0 Å². The van der Waals surface area contributed by atoms with Gasteiger partial charge in [0.25, 0.3) is 5.91 Å². The van der Waals surface area contributed by atoms with E-state index in [4.69, 9.17) is 0 Å². The van der Waals surface area contributed by atoms with Crippen LogP contribution < -0.4 is 10.2 Å². The van der Waals surface area contributed by atoms with Crippen LogP contribution in [-0.4, -0.2) is 42.5 Å². The third-order valence-corrected chi connectivity index (χ3v) is 6.59. The SMILES string of the molecule is Cc1cc(N2CC[C@H](N3CCC[C@@H]3C)C2)ccc1NC(=O)c1cc(F)ccc1C(F)(F)F. The number of alkyl halides is 3. The van der Waals surface area contributed by atoms with Crippen molar-refractivity contribution in [2.24, 2.45) is 0 Å². The van der Waals surface area contributed by atoms with E-state index < -0.39 is 29.0 Å². The molecule has 2 atom stereocenters. The number of anilines is 2. The lowest BCUT2D eigenvalue weighted by molar-refractivity contribution is -0.137. The van der Waals surface area contributed by atoms with E-state index in [9.17, 15) is 22.4 Å². The molecule has 0 saturated carbocycles. The van der Waals surface area contributed by atoms with Gasteiger partial charge in [0.15, 0.2) is 0 Å². The number of likely N-dealkylation sites (tertiary alicyclic amines) is 1. The summed E-state index contributed by atoms with van der Waals surface area (Å²) < 4.78 is 53.3. The largest absolute Gasteiger partial charge is 0.417 e. The fourth-order valence-electron chi connectivity index (χ4n) is 4.87. The van der Waals surface area contributed by atoms with E-state index >= 15 is 0 Å². The van der Waals surface area contributed by atoms with Crippen molar-refractivity contribution in [3.63, 3.8) is 0 Å². The second-order valence-electron chi connectivity index (χ2n) is 8.76. The number of nitrogens with zero attached hydrogens (tertiary/aromatic N) is 2. The number of hydrogen-bond acceptors (Lipinski definition) is 3. The zero-order valence-electron chi connectivity index (χ0n) is 18.2. The number of amides is 1. The van der Waals surface area contributed by atoms with E-state index in [1.54, 1.807) is 13.0 Å². The standard InChI is InChI=1S/C24H27F4N3O/c1-15-12-18(30-11-9-19(14-30)31-10-3-4-16(31)2)6-8-22(15)29-23(32)20-13-17(25)5-7-21(20)24(26,27)28/h5-8,12-13,16,19H,3-4,9-11,14H2,1-2H3,(H,29,32)/t16-,19-/m0/s1. The Balaban J connectivity index is 1.48. The van der Waals surface area contributed by atoms with Crippen LogP contribution in [0, 0.1) is 12.7 Å².